The summed E-state index contributed by atoms with van der Waals surface area (Å²) >= 11 is 0. The van der Waals surface area contributed by atoms with Gasteiger partial charge in [-0.15, -0.1) is 10.2 Å². The van der Waals surface area contributed by atoms with Gasteiger partial charge < -0.3 is 4.42 Å². The maximum Gasteiger partial charge on any atom is 0.248 e. The molecule has 0 radical (unpaired) electrons. The first kappa shape index (κ1) is 13.3. The Bertz CT molecular complexity index is 753. The summed E-state index contributed by atoms with van der Waals surface area (Å²) in [5.41, 5.74) is 4.49. The molecule has 0 aliphatic rings. The lowest BCUT2D eigenvalue weighted by Gasteiger charge is -1.95. The van der Waals surface area contributed by atoms with E-state index >= 15 is 0 Å². The number of hydrogen-bond acceptors (Lipinski definition) is 3. The second-order valence-corrected chi connectivity index (χ2v) is 5.06. The number of nitrogens with zero attached hydrogens (tertiary/aromatic N) is 2. The van der Waals surface area contributed by atoms with Crippen LogP contribution in [-0.2, 0) is 0 Å². The van der Waals surface area contributed by atoms with Gasteiger partial charge in [-0.25, -0.2) is 0 Å². The Hall–Kier alpha value is -2.68. The maximum absolute atomic E-state index is 5.65. The Labute approximate surface area is 124 Å². The third-order valence-electron chi connectivity index (χ3n) is 3.23. The van der Waals surface area contributed by atoms with Crippen molar-refractivity contribution in [1.29, 1.82) is 0 Å². The highest BCUT2D eigenvalue weighted by molar-refractivity contribution is 5.66. The largest absolute Gasteiger partial charge is 0.417 e. The zero-order chi connectivity index (χ0) is 14.7. The van der Waals surface area contributed by atoms with E-state index in [2.05, 4.69) is 41.4 Å². The van der Waals surface area contributed by atoms with E-state index in [0.29, 0.717) is 11.8 Å². The minimum absolute atomic E-state index is 0.506. The molecular weight excluding hydrogens is 260 g/mol. The van der Waals surface area contributed by atoms with Gasteiger partial charge in [-0.2, -0.15) is 0 Å². The molecule has 21 heavy (non-hydrogen) atoms. The summed E-state index contributed by atoms with van der Waals surface area (Å²) in [5, 5.41) is 8.12. The van der Waals surface area contributed by atoms with Gasteiger partial charge in [0.25, 0.3) is 0 Å². The number of hydrogen-bond donors (Lipinski definition) is 0. The summed E-state index contributed by atoms with van der Waals surface area (Å²) in [6, 6.07) is 16.3. The van der Waals surface area contributed by atoms with Gasteiger partial charge in [0.15, 0.2) is 0 Å². The predicted octanol–water partition coefficient (Wildman–Crippen LogP) is 4.52. The summed E-state index contributed by atoms with van der Waals surface area (Å²) in [6.07, 6.45) is 3.79. The molecule has 3 heteroatoms. The van der Waals surface area contributed by atoms with Crippen LogP contribution in [0.15, 0.2) is 52.9 Å². The molecular formula is C18H16N2O. The lowest BCUT2D eigenvalue weighted by atomic mass is 10.1. The first-order chi connectivity index (χ1) is 10.2. The molecule has 1 heterocycles. The molecule has 0 saturated heterocycles. The highest BCUT2D eigenvalue weighted by Gasteiger charge is 2.05. The Balaban J connectivity index is 1.78. The second kappa shape index (κ2) is 5.75. The standard InChI is InChI=1S/C18H16N2O/c1-13-3-7-15(8-4-13)9-12-17-19-20-18(21-17)16-10-5-14(2)6-11-16/h3-12H,1-2H3/b12-9+. The predicted molar refractivity (Wildman–Crippen MR) is 84.6 cm³/mol. The molecule has 0 fully saturated rings. The zero-order valence-electron chi connectivity index (χ0n) is 12.1. The van der Waals surface area contributed by atoms with Crippen molar-refractivity contribution in [2.45, 2.75) is 13.8 Å². The van der Waals surface area contributed by atoms with Gasteiger partial charge in [0.2, 0.25) is 11.8 Å². The molecule has 3 aromatic rings. The lowest BCUT2D eigenvalue weighted by molar-refractivity contribution is 0.558. The maximum atomic E-state index is 5.65. The molecule has 104 valence electrons. The van der Waals surface area contributed by atoms with Gasteiger partial charge >= 0.3 is 0 Å². The molecule has 0 atom stereocenters. The Morgan fingerprint density at radius 3 is 2.05 bits per heavy atom. The van der Waals surface area contributed by atoms with Crippen molar-refractivity contribution in [3.63, 3.8) is 0 Å². The van der Waals surface area contributed by atoms with E-state index < -0.39 is 0 Å². The Morgan fingerprint density at radius 1 is 0.762 bits per heavy atom. The van der Waals surface area contributed by atoms with Crippen LogP contribution in [0.3, 0.4) is 0 Å². The van der Waals surface area contributed by atoms with E-state index in [1.54, 1.807) is 0 Å². The highest BCUT2D eigenvalue weighted by Crippen LogP contribution is 2.19. The smallest absolute Gasteiger partial charge is 0.248 e. The molecule has 0 bridgehead atoms. The second-order valence-electron chi connectivity index (χ2n) is 5.06. The minimum Gasteiger partial charge on any atom is -0.417 e. The van der Waals surface area contributed by atoms with Crippen molar-refractivity contribution < 1.29 is 4.42 Å². The van der Waals surface area contributed by atoms with Crippen LogP contribution in [0.25, 0.3) is 23.6 Å². The van der Waals surface area contributed by atoms with Crippen LogP contribution in [0.5, 0.6) is 0 Å². The minimum atomic E-state index is 0.506. The molecule has 0 aliphatic heterocycles. The van der Waals surface area contributed by atoms with E-state index in [9.17, 15) is 0 Å². The SMILES string of the molecule is Cc1ccc(/C=C/c2nnc(-c3ccc(C)cc3)o2)cc1. The lowest BCUT2D eigenvalue weighted by Crippen LogP contribution is -1.77. The van der Waals surface area contributed by atoms with Crippen molar-refractivity contribution in [1.82, 2.24) is 10.2 Å². The topological polar surface area (TPSA) is 38.9 Å². The molecule has 1 aromatic heterocycles. The van der Waals surface area contributed by atoms with E-state index in [-0.39, 0.29) is 0 Å². The highest BCUT2D eigenvalue weighted by atomic mass is 16.4. The number of rotatable bonds is 3. The molecule has 3 rings (SSSR count). The van der Waals surface area contributed by atoms with Crippen LogP contribution >= 0.6 is 0 Å². The fourth-order valence-corrected chi connectivity index (χ4v) is 1.96. The third-order valence-corrected chi connectivity index (χ3v) is 3.23. The summed E-state index contributed by atoms with van der Waals surface area (Å²) in [4.78, 5) is 0. The van der Waals surface area contributed by atoms with Crippen LogP contribution in [0.1, 0.15) is 22.6 Å². The average molecular weight is 276 g/mol. The molecule has 2 aromatic carbocycles. The first-order valence-electron chi connectivity index (χ1n) is 6.86. The van der Waals surface area contributed by atoms with Crippen LogP contribution in [-0.4, -0.2) is 10.2 Å². The summed E-state index contributed by atoms with van der Waals surface area (Å²) in [5.74, 6) is 1.05. The first-order valence-corrected chi connectivity index (χ1v) is 6.86. The van der Waals surface area contributed by atoms with Crippen molar-refractivity contribution in [3.05, 3.63) is 71.1 Å². The van der Waals surface area contributed by atoms with Crippen LogP contribution in [0.4, 0.5) is 0 Å². The van der Waals surface area contributed by atoms with Gasteiger partial charge in [-0.05, 0) is 37.6 Å². The fraction of sp³-hybridized carbons (Fsp3) is 0.111. The van der Waals surface area contributed by atoms with Gasteiger partial charge in [-0.3, -0.25) is 0 Å². The molecule has 0 unspecified atom stereocenters. The zero-order valence-corrected chi connectivity index (χ0v) is 12.1. The monoisotopic (exact) mass is 276 g/mol. The quantitative estimate of drug-likeness (QED) is 0.705. The average Bonchev–Trinajstić information content (AvgIpc) is 2.96. The van der Waals surface area contributed by atoms with Crippen LogP contribution in [0, 0.1) is 13.8 Å². The molecule has 0 N–H and O–H groups in total. The number of aryl methyl sites for hydroxylation is 2. The van der Waals surface area contributed by atoms with Crippen molar-refractivity contribution in [2.24, 2.45) is 0 Å². The molecule has 0 spiro atoms. The van der Waals surface area contributed by atoms with Crippen molar-refractivity contribution in [3.8, 4) is 11.5 Å². The van der Waals surface area contributed by atoms with Gasteiger partial charge in [-0.1, -0.05) is 47.5 Å². The fourth-order valence-electron chi connectivity index (χ4n) is 1.96. The molecule has 3 nitrogen and oxygen atoms in total. The van der Waals surface area contributed by atoms with Crippen molar-refractivity contribution in [2.75, 3.05) is 0 Å². The molecule has 0 aliphatic carbocycles. The Morgan fingerprint density at radius 2 is 1.38 bits per heavy atom. The summed E-state index contributed by atoms with van der Waals surface area (Å²) in [6.45, 7) is 4.12. The number of benzene rings is 2. The normalized spacial score (nSPS) is 11.1. The van der Waals surface area contributed by atoms with Crippen LogP contribution in [0.2, 0.25) is 0 Å². The third kappa shape index (κ3) is 3.26. The van der Waals surface area contributed by atoms with Gasteiger partial charge in [0.05, 0.1) is 0 Å². The van der Waals surface area contributed by atoms with Gasteiger partial charge in [0, 0.05) is 11.6 Å². The van der Waals surface area contributed by atoms with E-state index in [0.717, 1.165) is 11.1 Å². The van der Waals surface area contributed by atoms with Crippen molar-refractivity contribution >= 4 is 12.2 Å². The summed E-state index contributed by atoms with van der Waals surface area (Å²) < 4.78 is 5.65. The van der Waals surface area contributed by atoms with E-state index in [4.69, 9.17) is 4.42 Å². The number of aromatic nitrogens is 2. The molecule has 0 saturated carbocycles. The van der Waals surface area contributed by atoms with E-state index in [1.165, 1.54) is 11.1 Å². The summed E-state index contributed by atoms with van der Waals surface area (Å²) in [7, 11) is 0. The van der Waals surface area contributed by atoms with Crippen LogP contribution < -0.4 is 0 Å². The van der Waals surface area contributed by atoms with E-state index in [1.807, 2.05) is 43.3 Å². The Kier molecular flexibility index (Phi) is 3.65. The molecule has 0 amide bonds. The van der Waals surface area contributed by atoms with Gasteiger partial charge in [0.1, 0.15) is 0 Å².